The van der Waals surface area contributed by atoms with E-state index in [1.807, 2.05) is 4.90 Å². The number of nitrogens with one attached hydrogen (secondary N) is 1. The first-order valence-corrected chi connectivity index (χ1v) is 11.8. The lowest BCUT2D eigenvalue weighted by Crippen LogP contribution is -2.35. The van der Waals surface area contributed by atoms with Crippen LogP contribution in [0.5, 0.6) is 11.5 Å². The zero-order chi connectivity index (χ0) is 22.2. The summed E-state index contributed by atoms with van der Waals surface area (Å²) in [6.07, 6.45) is -0.994. The molecule has 2 heterocycles. The number of aliphatic hydroxyl groups excluding tert-OH is 1. The van der Waals surface area contributed by atoms with E-state index < -0.39 is 16.1 Å². The molecule has 0 fully saturated rings. The second-order valence-electron chi connectivity index (χ2n) is 6.93. The molecule has 1 atom stereocenters. The van der Waals surface area contributed by atoms with Crippen LogP contribution in [0, 0.1) is 0 Å². The van der Waals surface area contributed by atoms with Crippen molar-refractivity contribution in [2.45, 2.75) is 11.0 Å². The molecule has 2 aromatic carbocycles. The van der Waals surface area contributed by atoms with Crippen LogP contribution in [0.3, 0.4) is 0 Å². The summed E-state index contributed by atoms with van der Waals surface area (Å²) in [7, 11) is -0.408. The highest BCUT2D eigenvalue weighted by molar-refractivity contribution is 8.15. The van der Waals surface area contributed by atoms with Gasteiger partial charge in [-0.15, -0.1) is 4.40 Å². The van der Waals surface area contributed by atoms with Gasteiger partial charge in [-0.25, -0.2) is 8.42 Å². The number of nitrogens with zero attached hydrogens (tertiary/aromatic N) is 2. The summed E-state index contributed by atoms with van der Waals surface area (Å²) < 4.78 is 37.8. The van der Waals surface area contributed by atoms with Gasteiger partial charge in [0.1, 0.15) is 17.6 Å². The van der Waals surface area contributed by atoms with Crippen LogP contribution < -0.4 is 19.7 Å². The van der Waals surface area contributed by atoms with E-state index >= 15 is 0 Å². The number of benzene rings is 2. The molecule has 0 bridgehead atoms. The Labute approximate surface area is 184 Å². The molecule has 0 radical (unpaired) electrons. The first kappa shape index (κ1) is 21.5. The maximum atomic E-state index is 12.6. The first-order chi connectivity index (χ1) is 14.8. The third-order valence-electron chi connectivity index (χ3n) is 4.99. The fraction of sp³-hybridized carbons (Fsp3) is 0.300. The van der Waals surface area contributed by atoms with E-state index in [1.165, 1.54) is 26.0 Å². The van der Waals surface area contributed by atoms with E-state index in [0.29, 0.717) is 34.3 Å². The molecule has 2 aliphatic heterocycles. The number of fused-ring (bicyclic) bond motifs is 3. The van der Waals surface area contributed by atoms with Gasteiger partial charge < -0.3 is 24.8 Å². The highest BCUT2D eigenvalue weighted by Gasteiger charge is 2.33. The number of anilines is 1. The number of methoxy groups -OCH3 is 2. The molecule has 31 heavy (non-hydrogen) atoms. The summed E-state index contributed by atoms with van der Waals surface area (Å²) in [6, 6.07) is 10.2. The second kappa shape index (κ2) is 8.40. The van der Waals surface area contributed by atoms with Gasteiger partial charge in [-0.3, -0.25) is 4.79 Å². The summed E-state index contributed by atoms with van der Waals surface area (Å²) >= 11 is 1.22. The van der Waals surface area contributed by atoms with Crippen molar-refractivity contribution in [3.8, 4) is 11.5 Å². The molecule has 1 unspecified atom stereocenters. The zero-order valence-corrected chi connectivity index (χ0v) is 18.5. The third-order valence-corrected chi connectivity index (χ3v) is 7.29. The maximum absolute atomic E-state index is 12.6. The van der Waals surface area contributed by atoms with Crippen molar-refractivity contribution in [3.05, 3.63) is 47.5 Å². The van der Waals surface area contributed by atoms with E-state index in [4.69, 9.17) is 9.47 Å². The van der Waals surface area contributed by atoms with Gasteiger partial charge in [-0.1, -0.05) is 0 Å². The lowest BCUT2D eigenvalue weighted by molar-refractivity contribution is 0.0914. The maximum Gasteiger partial charge on any atom is 0.257 e. The molecular weight excluding hydrogens is 442 g/mol. The van der Waals surface area contributed by atoms with E-state index in [0.717, 1.165) is 10.6 Å². The van der Waals surface area contributed by atoms with Crippen LogP contribution in [0.15, 0.2) is 45.7 Å². The number of aliphatic hydroxyl groups is 1. The number of hydrogen-bond donors (Lipinski definition) is 2. The van der Waals surface area contributed by atoms with Crippen LogP contribution >= 0.6 is 11.8 Å². The molecule has 1 amide bonds. The summed E-state index contributed by atoms with van der Waals surface area (Å²) in [4.78, 5) is 15.2. The van der Waals surface area contributed by atoms with E-state index in [-0.39, 0.29) is 18.2 Å². The molecule has 0 aromatic heterocycles. The normalized spacial score (nSPS) is 17.3. The Morgan fingerprint density at radius 1 is 1.26 bits per heavy atom. The van der Waals surface area contributed by atoms with Crippen molar-refractivity contribution in [2.24, 2.45) is 4.40 Å². The molecule has 2 aliphatic rings. The standard InChI is InChI=1S/C20H21N3O6S2/c1-28-13-4-6-17(29-2)14(10-13)16(24)11-21-19(25)12-3-5-15-18(9-12)30-20-22-31(26,27)8-7-23(15)20/h3-6,9-10,16,24H,7-8,11H2,1-2H3,(H,21,25). The van der Waals surface area contributed by atoms with Gasteiger partial charge in [0.05, 0.1) is 25.7 Å². The molecule has 9 nitrogen and oxygen atoms in total. The van der Waals surface area contributed by atoms with Gasteiger partial charge in [0.25, 0.3) is 15.9 Å². The largest absolute Gasteiger partial charge is 0.497 e. The van der Waals surface area contributed by atoms with E-state index in [1.54, 1.807) is 36.4 Å². The molecule has 0 saturated carbocycles. The van der Waals surface area contributed by atoms with Crippen LogP contribution in [-0.2, 0) is 10.0 Å². The third kappa shape index (κ3) is 4.34. The van der Waals surface area contributed by atoms with Crippen molar-refractivity contribution in [3.63, 3.8) is 0 Å². The fourth-order valence-corrected chi connectivity index (χ4v) is 5.67. The van der Waals surface area contributed by atoms with Crippen LogP contribution in [0.25, 0.3) is 0 Å². The van der Waals surface area contributed by atoms with Crippen molar-refractivity contribution in [1.82, 2.24) is 5.32 Å². The molecule has 0 saturated heterocycles. The summed E-state index contributed by atoms with van der Waals surface area (Å²) in [5.74, 6) is 0.662. The Morgan fingerprint density at radius 3 is 2.81 bits per heavy atom. The minimum absolute atomic E-state index is 0.0241. The molecule has 2 aromatic rings. The lowest BCUT2D eigenvalue weighted by atomic mass is 10.1. The van der Waals surface area contributed by atoms with Gasteiger partial charge in [-0.05, 0) is 48.2 Å². The SMILES string of the molecule is COc1ccc(OC)c(C(O)CNC(=O)c2ccc3c(c2)SC2=NS(=O)(=O)CCN23)c1. The predicted octanol–water partition coefficient (Wildman–Crippen LogP) is 1.78. The van der Waals surface area contributed by atoms with Gasteiger partial charge in [0.2, 0.25) is 0 Å². The van der Waals surface area contributed by atoms with Crippen molar-refractivity contribution >= 4 is 38.5 Å². The van der Waals surface area contributed by atoms with E-state index in [9.17, 15) is 18.3 Å². The number of carbonyl (C=O) groups excluding carboxylic acids is 1. The molecule has 0 spiro atoms. The summed E-state index contributed by atoms with van der Waals surface area (Å²) in [6.45, 7) is 0.310. The summed E-state index contributed by atoms with van der Waals surface area (Å²) in [5.41, 5.74) is 1.73. The number of amides is 1. The molecule has 2 N–H and O–H groups in total. The van der Waals surface area contributed by atoms with Gasteiger partial charge in [0.15, 0.2) is 5.17 Å². The van der Waals surface area contributed by atoms with Crippen molar-refractivity contribution < 1.29 is 27.8 Å². The highest BCUT2D eigenvalue weighted by atomic mass is 32.2. The number of thioether (sulfide) groups is 1. The van der Waals surface area contributed by atoms with Crippen LogP contribution in [0.1, 0.15) is 22.0 Å². The molecule has 4 rings (SSSR count). The number of hydrogen-bond acceptors (Lipinski definition) is 8. The van der Waals surface area contributed by atoms with Crippen LogP contribution in [0.2, 0.25) is 0 Å². The summed E-state index contributed by atoms with van der Waals surface area (Å²) in [5, 5.41) is 13.7. The number of sulfonamides is 1. The highest BCUT2D eigenvalue weighted by Crippen LogP contribution is 2.42. The number of carbonyl (C=O) groups is 1. The minimum Gasteiger partial charge on any atom is -0.497 e. The molecular formula is C20H21N3O6S2. The molecule has 0 aliphatic carbocycles. The predicted molar refractivity (Wildman–Crippen MR) is 118 cm³/mol. The minimum atomic E-state index is -3.44. The van der Waals surface area contributed by atoms with Crippen LogP contribution in [0.4, 0.5) is 5.69 Å². The Balaban J connectivity index is 1.47. The number of amidine groups is 1. The smallest absolute Gasteiger partial charge is 0.257 e. The van der Waals surface area contributed by atoms with Crippen LogP contribution in [-0.4, -0.2) is 57.7 Å². The molecule has 11 heteroatoms. The average molecular weight is 464 g/mol. The first-order valence-electron chi connectivity index (χ1n) is 9.41. The van der Waals surface area contributed by atoms with Gasteiger partial charge in [0, 0.05) is 29.1 Å². The molecule has 164 valence electrons. The quantitative estimate of drug-likeness (QED) is 0.666. The fourth-order valence-electron chi connectivity index (χ4n) is 3.37. The Hall–Kier alpha value is -2.76. The second-order valence-corrected chi connectivity index (χ2v) is 9.69. The zero-order valence-electron chi connectivity index (χ0n) is 16.9. The number of rotatable bonds is 6. The average Bonchev–Trinajstić information content (AvgIpc) is 3.11. The number of ether oxygens (including phenoxy) is 2. The Kier molecular flexibility index (Phi) is 5.82. The lowest BCUT2D eigenvalue weighted by Gasteiger charge is -2.22. The Morgan fingerprint density at radius 2 is 2.06 bits per heavy atom. The van der Waals surface area contributed by atoms with Crippen molar-refractivity contribution in [1.29, 1.82) is 0 Å². The van der Waals surface area contributed by atoms with Gasteiger partial charge >= 0.3 is 0 Å². The van der Waals surface area contributed by atoms with Crippen molar-refractivity contribution in [2.75, 3.05) is 38.0 Å². The van der Waals surface area contributed by atoms with E-state index in [2.05, 4.69) is 9.71 Å². The monoisotopic (exact) mass is 463 g/mol. The topological polar surface area (TPSA) is 118 Å². The Bertz CT molecular complexity index is 1170. The van der Waals surface area contributed by atoms with Gasteiger partial charge in [-0.2, -0.15) is 0 Å².